The molecule has 1 aromatic carbocycles. The highest BCUT2D eigenvalue weighted by molar-refractivity contribution is 5.83. The van der Waals surface area contributed by atoms with Crippen LogP contribution in [0, 0.1) is 0 Å². The molecule has 1 aliphatic heterocycles. The molecule has 0 bridgehead atoms. The van der Waals surface area contributed by atoms with E-state index in [0.717, 1.165) is 29.6 Å². The highest BCUT2D eigenvalue weighted by Gasteiger charge is 2.27. The molecule has 1 amide bonds. The van der Waals surface area contributed by atoms with E-state index in [1.807, 2.05) is 52.1 Å². The normalized spacial score (nSPS) is 17.3. The Morgan fingerprint density at radius 3 is 2.88 bits per heavy atom. The van der Waals surface area contributed by atoms with Crippen molar-refractivity contribution in [2.75, 3.05) is 13.1 Å². The third kappa shape index (κ3) is 2.97. The number of nitrogens with zero attached hydrogens (tertiary/aromatic N) is 3. The van der Waals surface area contributed by atoms with Gasteiger partial charge in [-0.1, -0.05) is 18.2 Å². The molecule has 4 rings (SSSR count). The fourth-order valence-electron chi connectivity index (χ4n) is 3.18. The number of hydrogen-bond donors (Lipinski definition) is 0. The van der Waals surface area contributed by atoms with Crippen molar-refractivity contribution in [2.45, 2.75) is 19.1 Å². The Morgan fingerprint density at radius 2 is 2.00 bits per heavy atom. The first-order valence-corrected chi connectivity index (χ1v) is 8.18. The summed E-state index contributed by atoms with van der Waals surface area (Å²) in [5.74, 6) is 0.942. The zero-order chi connectivity index (χ0) is 16.4. The van der Waals surface area contributed by atoms with Gasteiger partial charge in [-0.05, 0) is 29.7 Å². The summed E-state index contributed by atoms with van der Waals surface area (Å²) in [6.45, 7) is 1.75. The van der Waals surface area contributed by atoms with Crippen LogP contribution in [-0.2, 0) is 11.3 Å². The first-order chi connectivity index (χ1) is 11.8. The minimum absolute atomic E-state index is 0.0535. The number of hydrogen-bond acceptors (Lipinski definition) is 3. The predicted octanol–water partition coefficient (Wildman–Crippen LogP) is 2.72. The third-order valence-electron chi connectivity index (χ3n) is 4.44. The summed E-state index contributed by atoms with van der Waals surface area (Å²) in [6, 6.07) is 13.8. The van der Waals surface area contributed by atoms with E-state index in [0.29, 0.717) is 13.1 Å². The van der Waals surface area contributed by atoms with Crippen LogP contribution < -0.4 is 4.74 Å². The zero-order valence-electron chi connectivity index (χ0n) is 13.3. The van der Waals surface area contributed by atoms with Crippen molar-refractivity contribution in [1.82, 2.24) is 14.5 Å². The highest BCUT2D eigenvalue weighted by atomic mass is 16.5. The lowest BCUT2D eigenvalue weighted by Crippen LogP contribution is -2.33. The topological polar surface area (TPSA) is 47.4 Å². The van der Waals surface area contributed by atoms with Gasteiger partial charge in [-0.2, -0.15) is 0 Å². The molecule has 122 valence electrons. The maximum absolute atomic E-state index is 12.6. The molecule has 1 aliphatic rings. The highest BCUT2D eigenvalue weighted by Crippen LogP contribution is 2.19. The number of pyridine rings is 1. The lowest BCUT2D eigenvalue weighted by Gasteiger charge is -2.18. The summed E-state index contributed by atoms with van der Waals surface area (Å²) >= 11 is 0. The molecule has 1 saturated heterocycles. The largest absolute Gasteiger partial charge is 0.488 e. The van der Waals surface area contributed by atoms with E-state index in [1.165, 1.54) is 0 Å². The summed E-state index contributed by atoms with van der Waals surface area (Å²) in [6.07, 6.45) is 6.32. The molecule has 0 N–H and O–H groups in total. The third-order valence-corrected chi connectivity index (χ3v) is 4.44. The van der Waals surface area contributed by atoms with E-state index in [9.17, 15) is 4.79 Å². The molecule has 5 nitrogen and oxygen atoms in total. The number of ether oxygens (including phenoxy) is 1. The molecule has 3 heterocycles. The SMILES string of the molecule is O=C(Cn1ccc2ccccc21)N1CCC(Oc2ccncc2)C1. The van der Waals surface area contributed by atoms with E-state index in [2.05, 4.69) is 11.1 Å². The van der Waals surface area contributed by atoms with Crippen molar-refractivity contribution in [1.29, 1.82) is 0 Å². The number of amides is 1. The van der Waals surface area contributed by atoms with Gasteiger partial charge in [-0.25, -0.2) is 0 Å². The van der Waals surface area contributed by atoms with Crippen molar-refractivity contribution in [3.63, 3.8) is 0 Å². The molecule has 0 spiro atoms. The van der Waals surface area contributed by atoms with Crippen LogP contribution >= 0.6 is 0 Å². The van der Waals surface area contributed by atoms with Crippen LogP contribution in [0.4, 0.5) is 0 Å². The maximum atomic E-state index is 12.6. The molecule has 3 aromatic rings. The number of benzene rings is 1. The van der Waals surface area contributed by atoms with Crippen LogP contribution in [0.15, 0.2) is 61.1 Å². The molecule has 1 unspecified atom stereocenters. The molecule has 1 fully saturated rings. The first-order valence-electron chi connectivity index (χ1n) is 8.18. The van der Waals surface area contributed by atoms with E-state index in [1.54, 1.807) is 12.4 Å². The quantitative estimate of drug-likeness (QED) is 0.742. The smallest absolute Gasteiger partial charge is 0.242 e. The monoisotopic (exact) mass is 321 g/mol. The maximum Gasteiger partial charge on any atom is 0.242 e. The number of likely N-dealkylation sites (tertiary alicyclic amines) is 1. The number of carbonyl (C=O) groups excluding carboxylic acids is 1. The summed E-state index contributed by atoms with van der Waals surface area (Å²) in [5.41, 5.74) is 1.09. The average Bonchev–Trinajstić information content (AvgIpc) is 3.24. The first kappa shape index (κ1) is 14.8. The fraction of sp³-hybridized carbons (Fsp3) is 0.263. The van der Waals surface area contributed by atoms with Gasteiger partial charge in [0.2, 0.25) is 5.91 Å². The number of aromatic nitrogens is 2. The van der Waals surface area contributed by atoms with Crippen molar-refractivity contribution < 1.29 is 9.53 Å². The lowest BCUT2D eigenvalue weighted by atomic mass is 10.2. The van der Waals surface area contributed by atoms with Gasteiger partial charge in [0.05, 0.1) is 6.54 Å². The molecular formula is C19H19N3O2. The minimum Gasteiger partial charge on any atom is -0.488 e. The average molecular weight is 321 g/mol. The van der Waals surface area contributed by atoms with Crippen molar-refractivity contribution in [2.24, 2.45) is 0 Å². The van der Waals surface area contributed by atoms with E-state index in [4.69, 9.17) is 4.74 Å². The van der Waals surface area contributed by atoms with E-state index < -0.39 is 0 Å². The van der Waals surface area contributed by atoms with Crippen LogP contribution in [0.1, 0.15) is 6.42 Å². The van der Waals surface area contributed by atoms with Crippen molar-refractivity contribution in [3.8, 4) is 5.75 Å². The standard InChI is InChI=1S/C19H19N3O2/c23-19(14-21-11-7-15-3-1-2-4-18(15)21)22-12-8-17(13-22)24-16-5-9-20-10-6-16/h1-7,9-11,17H,8,12-14H2. The molecular weight excluding hydrogens is 302 g/mol. The van der Waals surface area contributed by atoms with Gasteiger partial charge in [-0.3, -0.25) is 9.78 Å². The van der Waals surface area contributed by atoms with Crippen LogP contribution in [-0.4, -0.2) is 39.6 Å². The Morgan fingerprint density at radius 1 is 1.17 bits per heavy atom. The second kappa shape index (κ2) is 6.35. The van der Waals surface area contributed by atoms with Gasteiger partial charge >= 0.3 is 0 Å². The fourth-order valence-corrected chi connectivity index (χ4v) is 3.18. The predicted molar refractivity (Wildman–Crippen MR) is 91.8 cm³/mol. The van der Waals surface area contributed by atoms with Gasteiger partial charge in [0.25, 0.3) is 0 Å². The van der Waals surface area contributed by atoms with Gasteiger partial charge < -0.3 is 14.2 Å². The summed E-state index contributed by atoms with van der Waals surface area (Å²) < 4.78 is 7.93. The molecule has 5 heteroatoms. The number of para-hydroxylation sites is 1. The van der Waals surface area contributed by atoms with Gasteiger partial charge in [0.1, 0.15) is 18.4 Å². The van der Waals surface area contributed by atoms with Gasteiger partial charge in [-0.15, -0.1) is 0 Å². The minimum atomic E-state index is 0.0535. The molecule has 24 heavy (non-hydrogen) atoms. The summed E-state index contributed by atoms with van der Waals surface area (Å²) in [4.78, 5) is 18.5. The van der Waals surface area contributed by atoms with Gasteiger partial charge in [0.15, 0.2) is 0 Å². The van der Waals surface area contributed by atoms with E-state index in [-0.39, 0.29) is 12.0 Å². The number of rotatable bonds is 4. The Balaban J connectivity index is 1.39. The van der Waals surface area contributed by atoms with Crippen LogP contribution in [0.25, 0.3) is 10.9 Å². The molecule has 2 aromatic heterocycles. The van der Waals surface area contributed by atoms with Gasteiger partial charge in [0, 0.05) is 37.1 Å². The second-order valence-corrected chi connectivity index (χ2v) is 6.05. The Hall–Kier alpha value is -2.82. The van der Waals surface area contributed by atoms with Crippen molar-refractivity contribution in [3.05, 3.63) is 61.1 Å². The number of fused-ring (bicyclic) bond motifs is 1. The Kier molecular flexibility index (Phi) is 3.91. The van der Waals surface area contributed by atoms with Crippen LogP contribution in [0.5, 0.6) is 5.75 Å². The molecule has 0 saturated carbocycles. The van der Waals surface area contributed by atoms with Crippen molar-refractivity contribution >= 4 is 16.8 Å². The summed E-state index contributed by atoms with van der Waals surface area (Å²) in [7, 11) is 0. The lowest BCUT2D eigenvalue weighted by molar-refractivity contribution is -0.131. The Bertz CT molecular complexity index is 844. The second-order valence-electron chi connectivity index (χ2n) is 6.05. The summed E-state index contributed by atoms with van der Waals surface area (Å²) in [5, 5.41) is 1.16. The molecule has 0 radical (unpaired) electrons. The zero-order valence-corrected chi connectivity index (χ0v) is 13.3. The molecule has 0 aliphatic carbocycles. The number of carbonyl (C=O) groups is 1. The van der Waals surface area contributed by atoms with Crippen LogP contribution in [0.3, 0.4) is 0 Å². The van der Waals surface area contributed by atoms with E-state index >= 15 is 0 Å². The Labute approximate surface area is 140 Å². The molecule has 1 atom stereocenters. The van der Waals surface area contributed by atoms with Crippen LogP contribution in [0.2, 0.25) is 0 Å².